The molecule has 3 atom stereocenters. The van der Waals surface area contributed by atoms with Crippen LogP contribution in [-0.2, 0) is 9.47 Å². The first kappa shape index (κ1) is 38.3. The van der Waals surface area contributed by atoms with Crippen molar-refractivity contribution in [3.8, 4) is 0 Å². The first-order valence-corrected chi connectivity index (χ1v) is 11.0. The lowest BCUT2D eigenvalue weighted by Gasteiger charge is -2.36. The van der Waals surface area contributed by atoms with Gasteiger partial charge in [-0.15, -0.1) is 0 Å². The third kappa shape index (κ3) is 10.7. The molecule has 0 amide bonds. The number of ether oxygens (including phenoxy) is 2. The molecule has 0 heterocycles. The first-order chi connectivity index (χ1) is 16.9. The summed E-state index contributed by atoms with van der Waals surface area (Å²) in [6, 6.07) is 0. The predicted molar refractivity (Wildman–Crippen MR) is 112 cm³/mol. The lowest BCUT2D eigenvalue weighted by molar-refractivity contribution is -0.373. The molecule has 2 saturated carbocycles. The van der Waals surface area contributed by atoms with Gasteiger partial charge in [-0.1, -0.05) is 19.6 Å². The number of halogens is 12. The Morgan fingerprint density at radius 1 is 0.763 bits per heavy atom. The van der Waals surface area contributed by atoms with E-state index in [1.54, 1.807) is 7.11 Å². The van der Waals surface area contributed by atoms with Gasteiger partial charge in [-0.25, -0.2) is 0 Å². The quantitative estimate of drug-likeness (QED) is 0.259. The standard InChI is InChI=1S/C11H14F6O.C4H4F6O.C4H8O.C3H6O/c12-10(13,14)9(18,11(15,16)17)5-8-4-6-1-2-7(8)3-6;1-2(11,3(5,6)7)4(8,9)10;1-3-5-4-2;1-3-4-2/h6-8,18H,1-5H2;11H,1H3;3H,1,4H2,2H3;3H,1H2,2H3. The SMILES string of the molecule is C=COC.C=COCC.CC(O)(C(F)(F)F)C(F)(F)F.OC(CC1CC2CCC1C2)(C(F)(F)F)C(F)(F)F. The molecule has 2 fully saturated rings. The maximum absolute atomic E-state index is 12.5. The van der Waals surface area contributed by atoms with Gasteiger partial charge in [-0.3, -0.25) is 0 Å². The summed E-state index contributed by atoms with van der Waals surface area (Å²) in [7, 11) is 1.56. The van der Waals surface area contributed by atoms with E-state index in [2.05, 4.69) is 22.6 Å². The van der Waals surface area contributed by atoms with Gasteiger partial charge < -0.3 is 19.7 Å². The van der Waals surface area contributed by atoms with Gasteiger partial charge in [0.1, 0.15) is 0 Å². The molecule has 2 aliphatic carbocycles. The van der Waals surface area contributed by atoms with Crippen molar-refractivity contribution in [3.63, 3.8) is 0 Å². The van der Waals surface area contributed by atoms with Gasteiger partial charge in [-0.05, 0) is 57.3 Å². The van der Waals surface area contributed by atoms with Crippen molar-refractivity contribution < 1.29 is 72.4 Å². The molecule has 228 valence electrons. The van der Waals surface area contributed by atoms with Gasteiger partial charge >= 0.3 is 24.7 Å². The highest BCUT2D eigenvalue weighted by molar-refractivity contribution is 5.00. The van der Waals surface area contributed by atoms with Gasteiger partial charge in [0.2, 0.25) is 0 Å². The van der Waals surface area contributed by atoms with Crippen molar-refractivity contribution >= 4 is 0 Å². The summed E-state index contributed by atoms with van der Waals surface area (Å²) in [6.07, 6.45) is -18.5. The Kier molecular flexibility index (Phi) is 14.6. The molecule has 0 spiro atoms. The third-order valence-corrected chi connectivity index (χ3v) is 5.94. The molecule has 3 unspecified atom stereocenters. The largest absolute Gasteiger partial charge is 0.505 e. The van der Waals surface area contributed by atoms with E-state index >= 15 is 0 Å². The lowest BCUT2D eigenvalue weighted by Crippen LogP contribution is -2.58. The van der Waals surface area contributed by atoms with Crippen LogP contribution < -0.4 is 0 Å². The van der Waals surface area contributed by atoms with E-state index in [0.29, 0.717) is 19.3 Å². The second-order valence-electron chi connectivity index (χ2n) is 8.59. The van der Waals surface area contributed by atoms with Crippen LogP contribution in [0.2, 0.25) is 0 Å². The third-order valence-electron chi connectivity index (χ3n) is 5.94. The van der Waals surface area contributed by atoms with Crippen LogP contribution in [0.1, 0.15) is 46.0 Å². The van der Waals surface area contributed by atoms with Crippen LogP contribution in [-0.4, -0.2) is 59.8 Å². The number of hydrogen-bond donors (Lipinski definition) is 2. The van der Waals surface area contributed by atoms with Crippen LogP contribution >= 0.6 is 0 Å². The number of hydrogen-bond acceptors (Lipinski definition) is 4. The van der Waals surface area contributed by atoms with E-state index in [1.807, 2.05) is 6.92 Å². The number of methoxy groups -OCH3 is 1. The Morgan fingerprint density at radius 3 is 1.34 bits per heavy atom. The summed E-state index contributed by atoms with van der Waals surface area (Å²) in [5.74, 6) is -0.519. The Morgan fingerprint density at radius 2 is 1.18 bits per heavy atom. The zero-order valence-corrected chi connectivity index (χ0v) is 20.8. The molecule has 0 aromatic rings. The maximum Gasteiger partial charge on any atom is 0.426 e. The monoisotopic (exact) mass is 588 g/mol. The molecule has 0 aromatic carbocycles. The highest BCUT2D eigenvalue weighted by Gasteiger charge is 2.71. The molecule has 0 aliphatic heterocycles. The van der Waals surface area contributed by atoms with Crippen LogP contribution in [0, 0.1) is 17.8 Å². The van der Waals surface area contributed by atoms with E-state index in [-0.39, 0.29) is 18.8 Å². The summed E-state index contributed by atoms with van der Waals surface area (Å²) < 4.78 is 152. The number of rotatable bonds is 5. The van der Waals surface area contributed by atoms with Crippen molar-refractivity contribution in [2.24, 2.45) is 17.8 Å². The topological polar surface area (TPSA) is 58.9 Å². The number of aliphatic hydroxyl groups is 2. The summed E-state index contributed by atoms with van der Waals surface area (Å²) in [6.45, 7) is 8.89. The normalized spacial score (nSPS) is 21.6. The molecule has 0 saturated heterocycles. The van der Waals surface area contributed by atoms with Crippen molar-refractivity contribution in [2.45, 2.75) is 81.9 Å². The minimum atomic E-state index is -5.69. The van der Waals surface area contributed by atoms with Crippen molar-refractivity contribution in [1.29, 1.82) is 0 Å². The molecule has 2 bridgehead atoms. The van der Waals surface area contributed by atoms with E-state index in [9.17, 15) is 52.7 Å². The second-order valence-corrected chi connectivity index (χ2v) is 8.59. The Labute approximate surface area is 212 Å². The van der Waals surface area contributed by atoms with E-state index in [0.717, 1.165) is 13.0 Å². The molecular weight excluding hydrogens is 556 g/mol. The minimum absolute atomic E-state index is 0.0915. The molecule has 0 radical (unpaired) electrons. The fourth-order valence-corrected chi connectivity index (χ4v) is 3.68. The fourth-order valence-electron chi connectivity index (χ4n) is 3.68. The molecule has 0 aromatic heterocycles. The van der Waals surface area contributed by atoms with Gasteiger partial charge in [0.05, 0.1) is 26.2 Å². The Balaban J connectivity index is 0. The minimum Gasteiger partial charge on any atom is -0.505 e. The molecule has 2 aliphatic rings. The van der Waals surface area contributed by atoms with E-state index in [1.165, 1.54) is 12.5 Å². The van der Waals surface area contributed by atoms with Gasteiger partial charge in [0, 0.05) is 0 Å². The molecule has 16 heteroatoms. The van der Waals surface area contributed by atoms with Gasteiger partial charge in [0.15, 0.2) is 0 Å². The zero-order valence-electron chi connectivity index (χ0n) is 20.8. The number of alkyl halides is 12. The average molecular weight is 588 g/mol. The fraction of sp³-hybridized carbons (Fsp3) is 0.818. The van der Waals surface area contributed by atoms with Crippen molar-refractivity contribution in [3.05, 3.63) is 25.7 Å². The molecule has 2 rings (SSSR count). The molecule has 38 heavy (non-hydrogen) atoms. The van der Waals surface area contributed by atoms with Crippen LogP contribution in [0.3, 0.4) is 0 Å². The summed E-state index contributed by atoms with van der Waals surface area (Å²) in [4.78, 5) is 0. The average Bonchev–Trinajstić information content (AvgIpc) is 3.35. The van der Waals surface area contributed by atoms with Crippen molar-refractivity contribution in [2.75, 3.05) is 13.7 Å². The second kappa shape index (κ2) is 14.5. The predicted octanol–water partition coefficient (Wildman–Crippen LogP) is 7.47. The Hall–Kier alpha value is -1.84. The summed E-state index contributed by atoms with van der Waals surface area (Å²) in [5, 5.41) is 17.1. The van der Waals surface area contributed by atoms with Gasteiger partial charge in [-0.2, -0.15) is 52.7 Å². The maximum atomic E-state index is 12.5. The van der Waals surface area contributed by atoms with Crippen LogP contribution in [0.15, 0.2) is 25.7 Å². The van der Waals surface area contributed by atoms with Crippen LogP contribution in [0.4, 0.5) is 52.7 Å². The van der Waals surface area contributed by atoms with E-state index in [4.69, 9.17) is 10.2 Å². The smallest absolute Gasteiger partial charge is 0.426 e. The number of fused-ring (bicyclic) bond motifs is 2. The van der Waals surface area contributed by atoms with Crippen molar-refractivity contribution in [1.82, 2.24) is 0 Å². The highest BCUT2D eigenvalue weighted by Crippen LogP contribution is 2.55. The summed E-state index contributed by atoms with van der Waals surface area (Å²) in [5.41, 5.74) is -9.19. The molecule has 4 nitrogen and oxygen atoms in total. The Bertz CT molecular complexity index is 666. The van der Waals surface area contributed by atoms with E-state index < -0.39 is 48.2 Å². The van der Waals surface area contributed by atoms with Gasteiger partial charge in [0.25, 0.3) is 11.2 Å². The van der Waals surface area contributed by atoms with Crippen LogP contribution in [0.5, 0.6) is 0 Å². The summed E-state index contributed by atoms with van der Waals surface area (Å²) >= 11 is 0. The molecule has 2 N–H and O–H groups in total. The van der Waals surface area contributed by atoms with Crippen LogP contribution in [0.25, 0.3) is 0 Å². The lowest BCUT2D eigenvalue weighted by atomic mass is 9.79. The molecular formula is C22H32F12O4. The highest BCUT2D eigenvalue weighted by atomic mass is 19.4. The first-order valence-electron chi connectivity index (χ1n) is 11.0. The zero-order chi connectivity index (χ0) is 30.8.